The van der Waals surface area contributed by atoms with Crippen molar-refractivity contribution in [1.29, 1.82) is 0 Å². The van der Waals surface area contributed by atoms with E-state index in [9.17, 15) is 9.18 Å². The maximum absolute atomic E-state index is 13.1. The summed E-state index contributed by atoms with van der Waals surface area (Å²) in [6.45, 7) is 0. The Hall–Kier alpha value is -0.950. The Morgan fingerprint density at radius 3 is 2.67 bits per heavy atom. The van der Waals surface area contributed by atoms with Crippen LogP contribution in [0.5, 0.6) is 0 Å². The molecule has 0 spiro atoms. The average Bonchev–Trinajstić information content (AvgIpc) is 2.35. The highest BCUT2D eigenvalue weighted by Gasteiger charge is 2.12. The summed E-state index contributed by atoms with van der Waals surface area (Å²) >= 11 is 5.36. The molecule has 1 amide bonds. The lowest BCUT2D eigenvalue weighted by molar-refractivity contribution is 0.102. The molecule has 2 aromatic rings. The SMILES string of the molecule is O=C(Nc1ccccc1I)c1cc(F)ccc1Br. The van der Waals surface area contributed by atoms with Gasteiger partial charge in [0.05, 0.1) is 11.3 Å². The van der Waals surface area contributed by atoms with Crippen LogP contribution in [0.15, 0.2) is 46.9 Å². The number of carbonyl (C=O) groups excluding carboxylic acids is 1. The predicted octanol–water partition coefficient (Wildman–Crippen LogP) is 4.45. The quantitative estimate of drug-likeness (QED) is 0.716. The van der Waals surface area contributed by atoms with Crippen LogP contribution in [0.4, 0.5) is 10.1 Å². The highest BCUT2D eigenvalue weighted by atomic mass is 127. The van der Waals surface area contributed by atoms with E-state index in [1.54, 1.807) is 6.07 Å². The molecule has 0 saturated carbocycles. The van der Waals surface area contributed by atoms with Crippen LogP contribution in [0.1, 0.15) is 10.4 Å². The molecule has 0 radical (unpaired) electrons. The number of halogens is 3. The average molecular weight is 420 g/mol. The Morgan fingerprint density at radius 2 is 1.94 bits per heavy atom. The summed E-state index contributed by atoms with van der Waals surface area (Å²) in [5.74, 6) is -0.781. The van der Waals surface area contributed by atoms with Gasteiger partial charge in [0.15, 0.2) is 0 Å². The Balaban J connectivity index is 2.28. The van der Waals surface area contributed by atoms with Gasteiger partial charge >= 0.3 is 0 Å². The van der Waals surface area contributed by atoms with Gasteiger partial charge in [-0.05, 0) is 68.9 Å². The lowest BCUT2D eigenvalue weighted by Gasteiger charge is -2.08. The third-order valence-corrected chi connectivity index (χ3v) is 3.93. The molecular formula is C13H8BrFINO. The van der Waals surface area contributed by atoms with Gasteiger partial charge < -0.3 is 5.32 Å². The van der Waals surface area contributed by atoms with Crippen molar-refractivity contribution >= 4 is 50.1 Å². The summed E-state index contributed by atoms with van der Waals surface area (Å²) in [4.78, 5) is 12.0. The summed E-state index contributed by atoms with van der Waals surface area (Å²) in [5, 5.41) is 2.75. The second kappa shape index (κ2) is 5.79. The highest BCUT2D eigenvalue weighted by molar-refractivity contribution is 14.1. The van der Waals surface area contributed by atoms with E-state index in [1.165, 1.54) is 18.2 Å². The van der Waals surface area contributed by atoms with Crippen LogP contribution in [0, 0.1) is 9.39 Å². The maximum Gasteiger partial charge on any atom is 0.256 e. The van der Waals surface area contributed by atoms with Crippen molar-refractivity contribution in [3.8, 4) is 0 Å². The predicted molar refractivity (Wildman–Crippen MR) is 81.2 cm³/mol. The number of benzene rings is 2. The van der Waals surface area contributed by atoms with E-state index in [0.717, 1.165) is 3.57 Å². The molecule has 0 unspecified atom stereocenters. The van der Waals surface area contributed by atoms with Crippen molar-refractivity contribution < 1.29 is 9.18 Å². The van der Waals surface area contributed by atoms with E-state index in [-0.39, 0.29) is 11.5 Å². The number of hydrogen-bond donors (Lipinski definition) is 1. The molecular weight excluding hydrogens is 412 g/mol. The van der Waals surface area contributed by atoms with Crippen molar-refractivity contribution in [3.63, 3.8) is 0 Å². The molecule has 1 N–H and O–H groups in total. The molecule has 92 valence electrons. The molecule has 2 rings (SSSR count). The number of rotatable bonds is 2. The molecule has 0 aliphatic carbocycles. The van der Waals surface area contributed by atoms with E-state index in [0.29, 0.717) is 10.2 Å². The number of hydrogen-bond acceptors (Lipinski definition) is 1. The van der Waals surface area contributed by atoms with Crippen LogP contribution in [-0.4, -0.2) is 5.91 Å². The van der Waals surface area contributed by atoms with Gasteiger partial charge in [-0.3, -0.25) is 4.79 Å². The van der Waals surface area contributed by atoms with Gasteiger partial charge in [-0.25, -0.2) is 4.39 Å². The molecule has 0 atom stereocenters. The largest absolute Gasteiger partial charge is 0.321 e. The van der Waals surface area contributed by atoms with Gasteiger partial charge in [-0.1, -0.05) is 12.1 Å². The second-order valence-electron chi connectivity index (χ2n) is 3.56. The van der Waals surface area contributed by atoms with Gasteiger partial charge in [0.25, 0.3) is 5.91 Å². The first-order valence-electron chi connectivity index (χ1n) is 5.09. The minimum Gasteiger partial charge on any atom is -0.321 e. The summed E-state index contributed by atoms with van der Waals surface area (Å²) in [5.41, 5.74) is 0.980. The second-order valence-corrected chi connectivity index (χ2v) is 5.57. The van der Waals surface area contributed by atoms with Crippen LogP contribution < -0.4 is 5.32 Å². The van der Waals surface area contributed by atoms with Gasteiger partial charge in [-0.2, -0.15) is 0 Å². The Bertz CT molecular complexity index is 603. The Morgan fingerprint density at radius 1 is 1.22 bits per heavy atom. The van der Waals surface area contributed by atoms with E-state index < -0.39 is 5.82 Å². The van der Waals surface area contributed by atoms with Gasteiger partial charge in [0.1, 0.15) is 5.82 Å². The molecule has 2 nitrogen and oxygen atoms in total. The van der Waals surface area contributed by atoms with Gasteiger partial charge in [0.2, 0.25) is 0 Å². The van der Waals surface area contributed by atoms with Crippen LogP contribution in [0.3, 0.4) is 0 Å². The molecule has 0 bridgehead atoms. The van der Waals surface area contributed by atoms with E-state index in [4.69, 9.17) is 0 Å². The lowest BCUT2D eigenvalue weighted by Crippen LogP contribution is -2.13. The van der Waals surface area contributed by atoms with Crippen molar-refractivity contribution in [3.05, 3.63) is 61.9 Å². The summed E-state index contributed by atoms with van der Waals surface area (Å²) in [7, 11) is 0. The zero-order valence-corrected chi connectivity index (χ0v) is 12.8. The molecule has 0 fully saturated rings. The molecule has 0 aliphatic rings. The molecule has 2 aromatic carbocycles. The molecule has 0 aliphatic heterocycles. The molecule has 5 heteroatoms. The molecule has 0 aromatic heterocycles. The molecule has 0 saturated heterocycles. The first-order chi connectivity index (χ1) is 8.58. The summed E-state index contributed by atoms with van der Waals surface area (Å²) < 4.78 is 14.6. The summed E-state index contributed by atoms with van der Waals surface area (Å²) in [6, 6.07) is 11.4. The number of amides is 1. The van der Waals surface area contributed by atoms with Crippen molar-refractivity contribution in [2.45, 2.75) is 0 Å². The minimum absolute atomic E-state index is 0.273. The number of para-hydroxylation sites is 1. The Labute approximate surface area is 126 Å². The normalized spacial score (nSPS) is 10.2. The van der Waals surface area contributed by atoms with Crippen LogP contribution >= 0.6 is 38.5 Å². The zero-order chi connectivity index (χ0) is 13.1. The highest BCUT2D eigenvalue weighted by Crippen LogP contribution is 2.21. The summed E-state index contributed by atoms with van der Waals surface area (Å²) in [6.07, 6.45) is 0. The van der Waals surface area contributed by atoms with E-state index >= 15 is 0 Å². The Kier molecular flexibility index (Phi) is 4.34. The fourth-order valence-corrected chi connectivity index (χ4v) is 2.37. The number of anilines is 1. The first kappa shape index (κ1) is 13.5. The molecule has 0 heterocycles. The number of nitrogens with one attached hydrogen (secondary N) is 1. The van der Waals surface area contributed by atoms with Crippen LogP contribution in [-0.2, 0) is 0 Å². The van der Waals surface area contributed by atoms with Gasteiger partial charge in [-0.15, -0.1) is 0 Å². The third-order valence-electron chi connectivity index (χ3n) is 2.30. The lowest BCUT2D eigenvalue weighted by atomic mass is 10.2. The fraction of sp³-hybridized carbons (Fsp3) is 0. The monoisotopic (exact) mass is 419 g/mol. The van der Waals surface area contributed by atoms with Crippen molar-refractivity contribution in [2.24, 2.45) is 0 Å². The fourth-order valence-electron chi connectivity index (χ4n) is 1.42. The van der Waals surface area contributed by atoms with Crippen molar-refractivity contribution in [1.82, 2.24) is 0 Å². The number of carbonyl (C=O) groups is 1. The first-order valence-corrected chi connectivity index (χ1v) is 6.96. The van der Waals surface area contributed by atoms with E-state index in [1.807, 2.05) is 18.2 Å². The standard InChI is InChI=1S/C13H8BrFINO/c14-10-6-5-8(15)7-9(10)13(18)17-12-4-2-1-3-11(12)16/h1-7H,(H,17,18). The maximum atomic E-state index is 13.1. The van der Waals surface area contributed by atoms with Crippen LogP contribution in [0.25, 0.3) is 0 Å². The third kappa shape index (κ3) is 3.08. The van der Waals surface area contributed by atoms with Crippen LogP contribution in [0.2, 0.25) is 0 Å². The topological polar surface area (TPSA) is 29.1 Å². The van der Waals surface area contributed by atoms with Gasteiger partial charge in [0, 0.05) is 8.04 Å². The molecule has 18 heavy (non-hydrogen) atoms. The van der Waals surface area contributed by atoms with E-state index in [2.05, 4.69) is 43.8 Å². The smallest absolute Gasteiger partial charge is 0.256 e. The zero-order valence-electron chi connectivity index (χ0n) is 9.08. The van der Waals surface area contributed by atoms with Crippen molar-refractivity contribution in [2.75, 3.05) is 5.32 Å². The minimum atomic E-state index is -0.439.